The molecule has 0 bridgehead atoms. The van der Waals surface area contributed by atoms with Crippen molar-refractivity contribution in [3.8, 4) is 0 Å². The molecule has 0 saturated heterocycles. The van der Waals surface area contributed by atoms with Crippen LogP contribution >= 0.6 is 0 Å². The Balaban J connectivity index is 2.32. The molecule has 1 aromatic heterocycles. The van der Waals surface area contributed by atoms with Crippen LogP contribution in [0.5, 0.6) is 0 Å². The molecule has 0 fully saturated rings. The van der Waals surface area contributed by atoms with E-state index in [1.54, 1.807) is 18.2 Å². The van der Waals surface area contributed by atoms with E-state index >= 15 is 0 Å². The van der Waals surface area contributed by atoms with E-state index in [2.05, 4.69) is 16.9 Å². The number of aromatic nitrogens is 2. The van der Waals surface area contributed by atoms with Gasteiger partial charge in [0.15, 0.2) is 0 Å². The van der Waals surface area contributed by atoms with Crippen LogP contribution in [0.1, 0.15) is 24.2 Å². The number of nitrogens with zero attached hydrogens (tertiary/aromatic N) is 2. The summed E-state index contributed by atoms with van der Waals surface area (Å²) in [6, 6.07) is 6.66. The summed E-state index contributed by atoms with van der Waals surface area (Å²) in [6.45, 7) is 8.28. The molecule has 1 atom stereocenters. The topological polar surface area (TPSA) is 29.9 Å². The smallest absolute Gasteiger partial charge is 0.203 e. The van der Waals surface area contributed by atoms with E-state index in [4.69, 9.17) is 0 Å². The van der Waals surface area contributed by atoms with Gasteiger partial charge in [-0.1, -0.05) is 18.2 Å². The zero-order valence-electron chi connectivity index (χ0n) is 11.2. The first-order valence-corrected chi connectivity index (χ1v) is 6.27. The standard InChI is InChI=1S/C15H18FN3/c1-4-8-17-15-18-11(2)10-19(15)12(3)13-6-5-7-14(16)9-13/h4-7,9-10,12H,1,8H2,2-3H3,(H,17,18). The Bertz CT molecular complexity index is 575. The van der Waals surface area contributed by atoms with Gasteiger partial charge in [-0.2, -0.15) is 0 Å². The first-order chi connectivity index (χ1) is 9.11. The number of benzene rings is 1. The van der Waals surface area contributed by atoms with Gasteiger partial charge in [0.1, 0.15) is 5.82 Å². The van der Waals surface area contributed by atoms with Crippen LogP contribution in [0.15, 0.2) is 43.1 Å². The van der Waals surface area contributed by atoms with Gasteiger partial charge in [0.2, 0.25) is 5.95 Å². The molecule has 0 aliphatic rings. The van der Waals surface area contributed by atoms with Crippen LogP contribution in [0.2, 0.25) is 0 Å². The Kier molecular flexibility index (Phi) is 4.00. The monoisotopic (exact) mass is 259 g/mol. The van der Waals surface area contributed by atoms with Crippen LogP contribution in [-0.4, -0.2) is 16.1 Å². The number of imidazole rings is 1. The Morgan fingerprint density at radius 2 is 2.32 bits per heavy atom. The van der Waals surface area contributed by atoms with Gasteiger partial charge in [-0.05, 0) is 31.5 Å². The van der Waals surface area contributed by atoms with Crippen LogP contribution in [0.25, 0.3) is 0 Å². The quantitative estimate of drug-likeness (QED) is 0.832. The molecule has 0 saturated carbocycles. The lowest BCUT2D eigenvalue weighted by Gasteiger charge is -2.17. The summed E-state index contributed by atoms with van der Waals surface area (Å²) in [6.07, 6.45) is 3.74. The van der Waals surface area contributed by atoms with Gasteiger partial charge in [-0.25, -0.2) is 9.37 Å². The molecule has 4 heteroatoms. The highest BCUT2D eigenvalue weighted by Crippen LogP contribution is 2.23. The zero-order chi connectivity index (χ0) is 13.8. The fourth-order valence-corrected chi connectivity index (χ4v) is 2.03. The number of halogens is 1. The van der Waals surface area contributed by atoms with E-state index in [0.29, 0.717) is 6.54 Å². The van der Waals surface area contributed by atoms with E-state index < -0.39 is 0 Å². The van der Waals surface area contributed by atoms with Crippen molar-refractivity contribution in [3.05, 3.63) is 60.2 Å². The highest BCUT2D eigenvalue weighted by Gasteiger charge is 2.13. The average Bonchev–Trinajstić information content (AvgIpc) is 2.76. The highest BCUT2D eigenvalue weighted by atomic mass is 19.1. The van der Waals surface area contributed by atoms with Crippen LogP contribution in [0, 0.1) is 12.7 Å². The Labute approximate surface area is 112 Å². The molecule has 0 radical (unpaired) electrons. The second-order valence-electron chi connectivity index (χ2n) is 4.51. The Morgan fingerprint density at radius 3 is 3.00 bits per heavy atom. The summed E-state index contributed by atoms with van der Waals surface area (Å²) < 4.78 is 15.3. The van der Waals surface area contributed by atoms with Gasteiger partial charge in [0, 0.05) is 12.7 Å². The Morgan fingerprint density at radius 1 is 1.53 bits per heavy atom. The predicted octanol–water partition coefficient (Wildman–Crippen LogP) is 3.54. The zero-order valence-corrected chi connectivity index (χ0v) is 11.2. The summed E-state index contributed by atoms with van der Waals surface area (Å²) in [5.74, 6) is 0.552. The van der Waals surface area contributed by atoms with E-state index in [1.807, 2.05) is 30.7 Å². The second-order valence-corrected chi connectivity index (χ2v) is 4.51. The molecule has 0 amide bonds. The molecule has 1 unspecified atom stereocenters. The maximum atomic E-state index is 13.3. The summed E-state index contributed by atoms with van der Waals surface area (Å²) in [5.41, 5.74) is 1.84. The third kappa shape index (κ3) is 3.02. The third-order valence-electron chi connectivity index (χ3n) is 3.01. The predicted molar refractivity (Wildman–Crippen MR) is 75.9 cm³/mol. The van der Waals surface area contributed by atoms with Crippen LogP contribution in [0.3, 0.4) is 0 Å². The van der Waals surface area contributed by atoms with Crippen LogP contribution < -0.4 is 5.32 Å². The number of aryl methyl sites for hydroxylation is 1. The van der Waals surface area contributed by atoms with Gasteiger partial charge >= 0.3 is 0 Å². The normalized spacial score (nSPS) is 12.2. The first-order valence-electron chi connectivity index (χ1n) is 6.27. The molecule has 2 aromatic rings. The maximum absolute atomic E-state index is 13.3. The molecule has 0 spiro atoms. The number of rotatable bonds is 5. The fourth-order valence-electron chi connectivity index (χ4n) is 2.03. The van der Waals surface area contributed by atoms with Gasteiger partial charge in [-0.15, -0.1) is 6.58 Å². The van der Waals surface area contributed by atoms with Crippen molar-refractivity contribution >= 4 is 5.95 Å². The highest BCUT2D eigenvalue weighted by molar-refractivity contribution is 5.33. The lowest BCUT2D eigenvalue weighted by Crippen LogP contribution is -2.11. The maximum Gasteiger partial charge on any atom is 0.203 e. The lowest BCUT2D eigenvalue weighted by atomic mass is 10.1. The summed E-state index contributed by atoms with van der Waals surface area (Å²) in [5, 5.41) is 3.19. The van der Waals surface area contributed by atoms with E-state index in [0.717, 1.165) is 17.2 Å². The van der Waals surface area contributed by atoms with Gasteiger partial charge < -0.3 is 9.88 Å². The SMILES string of the molecule is C=CCNc1nc(C)cn1C(C)c1cccc(F)c1. The summed E-state index contributed by atoms with van der Waals surface area (Å²) >= 11 is 0. The molecule has 2 rings (SSSR count). The molecule has 100 valence electrons. The number of anilines is 1. The second kappa shape index (κ2) is 5.69. The molecule has 1 N–H and O–H groups in total. The third-order valence-corrected chi connectivity index (χ3v) is 3.01. The first kappa shape index (κ1) is 13.3. The van der Waals surface area contributed by atoms with E-state index in [1.165, 1.54) is 6.07 Å². The lowest BCUT2D eigenvalue weighted by molar-refractivity contribution is 0.606. The van der Waals surface area contributed by atoms with Crippen molar-refractivity contribution in [2.75, 3.05) is 11.9 Å². The van der Waals surface area contributed by atoms with Crippen molar-refractivity contribution < 1.29 is 4.39 Å². The number of hydrogen-bond acceptors (Lipinski definition) is 2. The molecule has 1 aromatic carbocycles. The molecule has 0 aliphatic heterocycles. The molecule has 3 nitrogen and oxygen atoms in total. The number of hydrogen-bond donors (Lipinski definition) is 1. The van der Waals surface area contributed by atoms with E-state index in [-0.39, 0.29) is 11.9 Å². The van der Waals surface area contributed by atoms with Crippen molar-refractivity contribution in [1.82, 2.24) is 9.55 Å². The minimum absolute atomic E-state index is 0.0178. The largest absolute Gasteiger partial charge is 0.352 e. The van der Waals surface area contributed by atoms with Crippen molar-refractivity contribution in [2.24, 2.45) is 0 Å². The molecular weight excluding hydrogens is 241 g/mol. The number of nitrogens with one attached hydrogen (secondary N) is 1. The average molecular weight is 259 g/mol. The minimum Gasteiger partial charge on any atom is -0.352 e. The van der Waals surface area contributed by atoms with Crippen molar-refractivity contribution in [1.29, 1.82) is 0 Å². The summed E-state index contributed by atoms with van der Waals surface area (Å²) in [7, 11) is 0. The Hall–Kier alpha value is -2.10. The van der Waals surface area contributed by atoms with Crippen LogP contribution in [0.4, 0.5) is 10.3 Å². The van der Waals surface area contributed by atoms with Gasteiger partial charge in [0.25, 0.3) is 0 Å². The van der Waals surface area contributed by atoms with E-state index in [9.17, 15) is 4.39 Å². The van der Waals surface area contributed by atoms with Gasteiger partial charge in [0.05, 0.1) is 11.7 Å². The molecule has 0 aliphatic carbocycles. The fraction of sp³-hybridized carbons (Fsp3) is 0.267. The molecular formula is C15H18FN3. The van der Waals surface area contributed by atoms with Crippen molar-refractivity contribution in [3.63, 3.8) is 0 Å². The molecule has 19 heavy (non-hydrogen) atoms. The van der Waals surface area contributed by atoms with Crippen LogP contribution in [-0.2, 0) is 0 Å². The summed E-state index contributed by atoms with van der Waals surface area (Å²) in [4.78, 5) is 4.43. The minimum atomic E-state index is -0.221. The van der Waals surface area contributed by atoms with Crippen molar-refractivity contribution in [2.45, 2.75) is 19.9 Å². The molecule has 1 heterocycles. The van der Waals surface area contributed by atoms with Gasteiger partial charge in [-0.3, -0.25) is 0 Å².